The molecule has 8 heteroatoms. The van der Waals surface area contributed by atoms with Gasteiger partial charge in [-0.2, -0.15) is 0 Å². The quantitative estimate of drug-likeness (QED) is 0.637. The molecular weight excluding hydrogens is 434 g/mol. The number of amides is 1. The molecule has 4 rings (SSSR count). The zero-order valence-corrected chi connectivity index (χ0v) is 20.6. The van der Waals surface area contributed by atoms with Crippen molar-refractivity contribution < 1.29 is 19.4 Å². The highest BCUT2D eigenvalue weighted by molar-refractivity contribution is 5.86. The number of nitrogens with zero attached hydrogens (tertiary/aromatic N) is 3. The summed E-state index contributed by atoms with van der Waals surface area (Å²) in [5, 5.41) is 12.0. The van der Waals surface area contributed by atoms with Gasteiger partial charge >= 0.3 is 5.97 Å². The van der Waals surface area contributed by atoms with Crippen LogP contribution in [0.2, 0.25) is 0 Å². The number of methoxy groups -OCH3 is 1. The number of rotatable bonds is 6. The summed E-state index contributed by atoms with van der Waals surface area (Å²) in [6, 6.07) is 0. The van der Waals surface area contributed by atoms with Crippen molar-refractivity contribution in [2.24, 2.45) is 17.3 Å². The fourth-order valence-corrected chi connectivity index (χ4v) is 6.68. The first-order valence-corrected chi connectivity index (χ1v) is 12.9. The highest BCUT2D eigenvalue weighted by Crippen LogP contribution is 2.51. The summed E-state index contributed by atoms with van der Waals surface area (Å²) in [5.41, 5.74) is -1.91. The molecule has 2 heterocycles. The zero-order valence-electron chi connectivity index (χ0n) is 20.6. The molecule has 188 valence electrons. The van der Waals surface area contributed by atoms with E-state index in [0.717, 1.165) is 38.3 Å². The van der Waals surface area contributed by atoms with Crippen LogP contribution in [-0.4, -0.2) is 57.2 Å². The Kier molecular flexibility index (Phi) is 7.45. The molecule has 3 fully saturated rings. The van der Waals surface area contributed by atoms with Crippen molar-refractivity contribution in [2.45, 2.75) is 89.7 Å². The second kappa shape index (κ2) is 10.2. The first kappa shape index (κ1) is 24.9. The van der Waals surface area contributed by atoms with Gasteiger partial charge in [0.2, 0.25) is 5.91 Å². The Labute approximate surface area is 201 Å². The number of ether oxygens (including phenoxy) is 1. The standard InChI is InChI=1S/C26H39N3O5/c1-19(14-20-8-4-3-5-9-20)23(31)28-13-12-26(33,25(17-28)10-6-7-11-25)18-29-16-21(24(32)34-2)27-15-22(29)30/h15-16,19-20,33H,3-14,17-18H2,1-2H3/t19-,26?/m1/s1. The maximum absolute atomic E-state index is 13.4. The van der Waals surface area contributed by atoms with Crippen molar-refractivity contribution in [1.82, 2.24) is 14.5 Å². The Morgan fingerprint density at radius 2 is 1.88 bits per heavy atom. The predicted octanol–water partition coefficient (Wildman–Crippen LogP) is 3.16. The van der Waals surface area contributed by atoms with Crippen LogP contribution < -0.4 is 5.56 Å². The van der Waals surface area contributed by atoms with E-state index in [4.69, 9.17) is 4.74 Å². The summed E-state index contributed by atoms with van der Waals surface area (Å²) in [6.45, 7) is 3.15. The van der Waals surface area contributed by atoms with E-state index < -0.39 is 17.0 Å². The molecule has 3 aliphatic rings. The van der Waals surface area contributed by atoms with E-state index in [1.807, 2.05) is 4.90 Å². The van der Waals surface area contributed by atoms with Gasteiger partial charge in [0.1, 0.15) is 0 Å². The molecule has 1 aromatic heterocycles. The van der Waals surface area contributed by atoms with Gasteiger partial charge in [0.15, 0.2) is 5.69 Å². The van der Waals surface area contributed by atoms with Gasteiger partial charge in [-0.15, -0.1) is 0 Å². The van der Waals surface area contributed by atoms with E-state index in [1.165, 1.54) is 50.0 Å². The molecular formula is C26H39N3O5. The lowest BCUT2D eigenvalue weighted by Gasteiger charge is -2.52. The fraction of sp³-hybridized carbons (Fsp3) is 0.769. The van der Waals surface area contributed by atoms with E-state index in [1.54, 1.807) is 0 Å². The van der Waals surface area contributed by atoms with Gasteiger partial charge in [0.05, 0.1) is 25.5 Å². The minimum absolute atomic E-state index is 0.00169. The normalized spacial score (nSPS) is 25.9. The lowest BCUT2D eigenvalue weighted by atomic mass is 9.65. The molecule has 2 saturated carbocycles. The Morgan fingerprint density at radius 3 is 2.56 bits per heavy atom. The van der Waals surface area contributed by atoms with Gasteiger partial charge < -0.3 is 19.3 Å². The third kappa shape index (κ3) is 4.92. The van der Waals surface area contributed by atoms with Gasteiger partial charge in [-0.3, -0.25) is 9.59 Å². The van der Waals surface area contributed by atoms with Crippen LogP contribution in [0.1, 0.15) is 88.0 Å². The number of carbonyl (C=O) groups is 2. The van der Waals surface area contributed by atoms with Gasteiger partial charge in [-0.25, -0.2) is 9.78 Å². The highest BCUT2D eigenvalue weighted by Gasteiger charge is 2.55. The number of hydrogen-bond acceptors (Lipinski definition) is 6. The molecule has 1 spiro atoms. The molecule has 1 unspecified atom stereocenters. The maximum Gasteiger partial charge on any atom is 0.358 e. The minimum Gasteiger partial charge on any atom is -0.464 e. The molecule has 0 bridgehead atoms. The number of piperidine rings is 1. The summed E-state index contributed by atoms with van der Waals surface area (Å²) in [5.74, 6) is 0.229. The van der Waals surface area contributed by atoms with E-state index in [0.29, 0.717) is 25.4 Å². The van der Waals surface area contributed by atoms with Gasteiger partial charge in [-0.05, 0) is 31.6 Å². The van der Waals surface area contributed by atoms with Crippen LogP contribution in [0.15, 0.2) is 17.2 Å². The highest BCUT2D eigenvalue weighted by atomic mass is 16.5. The van der Waals surface area contributed by atoms with E-state index in [2.05, 4.69) is 11.9 Å². The topological polar surface area (TPSA) is 102 Å². The van der Waals surface area contributed by atoms with Crippen molar-refractivity contribution in [3.63, 3.8) is 0 Å². The Bertz CT molecular complexity index is 948. The van der Waals surface area contributed by atoms with E-state index in [-0.39, 0.29) is 29.6 Å². The van der Waals surface area contributed by atoms with Crippen LogP contribution in [0, 0.1) is 17.3 Å². The summed E-state index contributed by atoms with van der Waals surface area (Å²) >= 11 is 0. The largest absolute Gasteiger partial charge is 0.464 e. The van der Waals surface area contributed by atoms with Crippen LogP contribution in [0.4, 0.5) is 0 Å². The second-order valence-electron chi connectivity index (χ2n) is 10.9. The molecule has 0 radical (unpaired) electrons. The molecule has 34 heavy (non-hydrogen) atoms. The number of esters is 1. The molecule has 1 aliphatic heterocycles. The molecule has 1 saturated heterocycles. The maximum atomic E-state index is 13.4. The lowest BCUT2D eigenvalue weighted by Crippen LogP contribution is -2.62. The third-order valence-corrected chi connectivity index (χ3v) is 8.68. The SMILES string of the molecule is COC(=O)c1cn(CC2(O)CCN(C(=O)[C@H](C)CC3CCCCC3)CC23CCCC3)c(=O)cn1. The van der Waals surface area contributed by atoms with Crippen molar-refractivity contribution in [3.05, 3.63) is 28.4 Å². The van der Waals surface area contributed by atoms with Crippen LogP contribution >= 0.6 is 0 Å². The van der Waals surface area contributed by atoms with Crippen molar-refractivity contribution in [3.8, 4) is 0 Å². The summed E-state index contributed by atoms with van der Waals surface area (Å²) in [7, 11) is 1.27. The smallest absolute Gasteiger partial charge is 0.358 e. The van der Waals surface area contributed by atoms with Crippen LogP contribution in [0.5, 0.6) is 0 Å². The average molecular weight is 474 g/mol. The van der Waals surface area contributed by atoms with E-state index in [9.17, 15) is 19.5 Å². The van der Waals surface area contributed by atoms with Crippen molar-refractivity contribution in [1.29, 1.82) is 0 Å². The van der Waals surface area contributed by atoms with Crippen LogP contribution in [0.25, 0.3) is 0 Å². The van der Waals surface area contributed by atoms with Gasteiger partial charge in [0, 0.05) is 30.6 Å². The fourth-order valence-electron chi connectivity index (χ4n) is 6.68. The predicted molar refractivity (Wildman–Crippen MR) is 127 cm³/mol. The molecule has 1 N–H and O–H groups in total. The first-order valence-electron chi connectivity index (χ1n) is 12.9. The number of aliphatic hydroxyl groups is 1. The van der Waals surface area contributed by atoms with Crippen molar-refractivity contribution >= 4 is 11.9 Å². The van der Waals surface area contributed by atoms with Crippen LogP contribution in [0.3, 0.4) is 0 Å². The second-order valence-corrected chi connectivity index (χ2v) is 10.9. The van der Waals surface area contributed by atoms with Gasteiger partial charge in [-0.1, -0.05) is 51.9 Å². The summed E-state index contributed by atoms with van der Waals surface area (Å²) in [4.78, 5) is 43.7. The number of hydrogen-bond donors (Lipinski definition) is 1. The number of carbonyl (C=O) groups excluding carboxylic acids is 2. The lowest BCUT2D eigenvalue weighted by molar-refractivity contribution is -0.163. The van der Waals surface area contributed by atoms with Crippen molar-refractivity contribution in [2.75, 3.05) is 20.2 Å². The Balaban J connectivity index is 1.51. The Morgan fingerprint density at radius 1 is 1.18 bits per heavy atom. The number of likely N-dealkylation sites (tertiary alicyclic amines) is 1. The van der Waals surface area contributed by atoms with Gasteiger partial charge in [0.25, 0.3) is 5.56 Å². The molecule has 2 atom stereocenters. The summed E-state index contributed by atoms with van der Waals surface area (Å²) < 4.78 is 6.11. The molecule has 0 aromatic carbocycles. The van der Waals surface area contributed by atoms with Crippen LogP contribution in [-0.2, 0) is 16.1 Å². The molecule has 8 nitrogen and oxygen atoms in total. The zero-order chi connectivity index (χ0) is 24.3. The molecule has 1 aromatic rings. The average Bonchev–Trinajstić information content (AvgIpc) is 3.32. The Hall–Kier alpha value is -2.22. The first-order chi connectivity index (χ1) is 16.3. The molecule has 2 aliphatic carbocycles. The molecule has 1 amide bonds. The van der Waals surface area contributed by atoms with E-state index >= 15 is 0 Å². The summed E-state index contributed by atoms with van der Waals surface area (Å²) in [6.07, 6.45) is 13.8. The minimum atomic E-state index is -1.13. The third-order valence-electron chi connectivity index (χ3n) is 8.68. The number of aromatic nitrogens is 2. The monoisotopic (exact) mass is 473 g/mol.